The van der Waals surface area contributed by atoms with Gasteiger partial charge in [-0.1, -0.05) is 43.7 Å². The van der Waals surface area contributed by atoms with Crippen LogP contribution in [0.4, 0.5) is 4.79 Å². The summed E-state index contributed by atoms with van der Waals surface area (Å²) in [7, 11) is -2.14. The molecule has 12 heteroatoms. The van der Waals surface area contributed by atoms with Crippen molar-refractivity contribution in [2.75, 3.05) is 12.7 Å². The third kappa shape index (κ3) is 12.8. The number of carbonyl (C=O) groups excluding carboxylic acids is 3. The van der Waals surface area contributed by atoms with Crippen molar-refractivity contribution in [2.24, 2.45) is 17.6 Å². The SMILES string of the molecule is C/C1=C\C(C)C(O)CCC(C)CC2=C(NCCP(O)O)C(=O)C=C(NC(=O)/C(C)=C/C=C\CC1)C2=O.NC(=O)O. The van der Waals surface area contributed by atoms with E-state index in [0.717, 1.165) is 18.9 Å². The van der Waals surface area contributed by atoms with Gasteiger partial charge in [-0.2, -0.15) is 0 Å². The second kappa shape index (κ2) is 17.6. The van der Waals surface area contributed by atoms with Gasteiger partial charge in [-0.3, -0.25) is 14.4 Å². The average Bonchev–Trinajstić information content (AvgIpc) is 2.85. The highest BCUT2D eigenvalue weighted by Crippen LogP contribution is 2.28. The molecule has 3 unspecified atom stereocenters. The molecule has 0 saturated heterocycles. The highest BCUT2D eigenvalue weighted by atomic mass is 31.2. The van der Waals surface area contributed by atoms with E-state index in [-0.39, 0.29) is 47.9 Å². The van der Waals surface area contributed by atoms with Gasteiger partial charge in [0.15, 0.2) is 8.38 Å². The van der Waals surface area contributed by atoms with E-state index < -0.39 is 38.0 Å². The fourth-order valence-electron chi connectivity index (χ4n) is 4.18. The first kappa shape index (κ1) is 34.9. The molecule has 1 aliphatic carbocycles. The number of hydrogen-bond acceptors (Lipinski definition) is 8. The van der Waals surface area contributed by atoms with Crippen LogP contribution in [0.3, 0.4) is 0 Å². The molecule has 2 amide bonds. The van der Waals surface area contributed by atoms with Crippen LogP contribution in [-0.2, 0) is 14.4 Å². The number of nitrogens with two attached hydrogens (primary N) is 1. The van der Waals surface area contributed by atoms with Gasteiger partial charge in [-0.05, 0) is 51.9 Å². The number of Topliss-reactive ketones (excluding diaryl/α,β-unsaturated/α-hetero) is 1. The Balaban J connectivity index is 0.00000187. The van der Waals surface area contributed by atoms with Gasteiger partial charge < -0.3 is 36.4 Å². The van der Waals surface area contributed by atoms with Crippen molar-refractivity contribution < 1.29 is 39.2 Å². The lowest BCUT2D eigenvalue weighted by molar-refractivity contribution is -0.120. The van der Waals surface area contributed by atoms with Crippen LogP contribution in [0.2, 0.25) is 0 Å². The molecule has 3 atom stereocenters. The van der Waals surface area contributed by atoms with Crippen LogP contribution in [0, 0.1) is 11.8 Å². The van der Waals surface area contributed by atoms with Crippen LogP contribution in [-0.4, -0.2) is 62.4 Å². The first-order chi connectivity index (χ1) is 18.7. The van der Waals surface area contributed by atoms with Crippen molar-refractivity contribution in [1.29, 1.82) is 0 Å². The zero-order valence-electron chi connectivity index (χ0n) is 23.5. The van der Waals surface area contributed by atoms with Crippen LogP contribution >= 0.6 is 8.38 Å². The van der Waals surface area contributed by atoms with Gasteiger partial charge in [0.25, 0.3) is 5.91 Å². The van der Waals surface area contributed by atoms with E-state index in [2.05, 4.69) is 22.4 Å². The quantitative estimate of drug-likeness (QED) is 0.149. The molecule has 0 spiro atoms. The fraction of sp³-hybridized carbons (Fsp3) is 0.500. The Morgan fingerprint density at radius 3 is 2.45 bits per heavy atom. The molecular formula is C28H42N3O8P. The number of aliphatic hydroxyl groups excluding tert-OH is 1. The maximum absolute atomic E-state index is 13.4. The van der Waals surface area contributed by atoms with Crippen molar-refractivity contribution in [3.63, 3.8) is 0 Å². The predicted molar refractivity (Wildman–Crippen MR) is 154 cm³/mol. The standard InChI is InChI=1S/C27H39N2O6P.CH3NO2/c1-17-8-6-5-7-9-19(3)27(33)29-22-16-24(31)25(28-12-13-36(34)35)21(26(22)32)15-18(2)10-11-23(30)20(4)14-17;2-1(3)4/h5,7,9,14,16,18,20,23,28,30,34-35H,6,8,10-13,15H2,1-4H3,(H,29,33);2H2,(H,3,4)/b7-5-,17-14+,19-9+;. The van der Waals surface area contributed by atoms with Crippen LogP contribution in [0.15, 0.2) is 58.5 Å². The first-order valence-electron chi connectivity index (χ1n) is 13.1. The lowest BCUT2D eigenvalue weighted by Gasteiger charge is -2.24. The summed E-state index contributed by atoms with van der Waals surface area (Å²) < 4.78 is 0. The van der Waals surface area contributed by atoms with Gasteiger partial charge in [0.2, 0.25) is 11.6 Å². The summed E-state index contributed by atoms with van der Waals surface area (Å²) in [5, 5.41) is 23.4. The number of carboxylic acid groups (broad SMARTS) is 1. The second-order valence-corrected chi connectivity index (χ2v) is 11.3. The maximum atomic E-state index is 13.4. The van der Waals surface area contributed by atoms with Gasteiger partial charge in [0.05, 0.1) is 17.5 Å². The number of fused-ring (bicyclic) bond motifs is 2. The molecule has 40 heavy (non-hydrogen) atoms. The molecule has 0 radical (unpaired) electrons. The molecule has 0 fully saturated rings. The minimum absolute atomic E-state index is 0.0112. The number of hydrogen-bond donors (Lipinski definition) is 7. The topological polar surface area (TPSA) is 199 Å². The van der Waals surface area contributed by atoms with Crippen LogP contribution in [0.5, 0.6) is 0 Å². The molecule has 0 aromatic carbocycles. The Labute approximate surface area is 236 Å². The zero-order valence-corrected chi connectivity index (χ0v) is 24.4. The Kier molecular flexibility index (Phi) is 15.3. The Morgan fingerprint density at radius 2 is 1.82 bits per heavy atom. The molecule has 1 heterocycles. The molecule has 222 valence electrons. The Bertz CT molecular complexity index is 1090. The van der Waals surface area contributed by atoms with Crippen molar-refractivity contribution in [3.05, 3.63) is 58.5 Å². The summed E-state index contributed by atoms with van der Waals surface area (Å²) in [6.45, 7) is 7.75. The molecule has 2 aliphatic rings. The Hall–Kier alpha value is -3.11. The summed E-state index contributed by atoms with van der Waals surface area (Å²) in [6, 6.07) is 0. The summed E-state index contributed by atoms with van der Waals surface area (Å²) in [4.78, 5) is 66.1. The number of nitrogens with one attached hydrogen (secondary N) is 2. The summed E-state index contributed by atoms with van der Waals surface area (Å²) in [5.41, 5.74) is 5.91. The molecule has 2 bridgehead atoms. The highest BCUT2D eigenvalue weighted by Gasteiger charge is 2.31. The van der Waals surface area contributed by atoms with Crippen molar-refractivity contribution >= 4 is 31.9 Å². The van der Waals surface area contributed by atoms with E-state index >= 15 is 0 Å². The van der Waals surface area contributed by atoms with E-state index in [1.54, 1.807) is 19.1 Å². The molecule has 2 rings (SSSR count). The van der Waals surface area contributed by atoms with Crippen molar-refractivity contribution in [2.45, 2.75) is 65.9 Å². The lowest BCUT2D eigenvalue weighted by atomic mass is 9.86. The number of rotatable bonds is 4. The van der Waals surface area contributed by atoms with Crippen LogP contribution in [0.25, 0.3) is 0 Å². The van der Waals surface area contributed by atoms with Crippen molar-refractivity contribution in [3.8, 4) is 0 Å². The van der Waals surface area contributed by atoms with E-state index in [0.29, 0.717) is 18.4 Å². The summed E-state index contributed by atoms with van der Waals surface area (Å²) in [6.07, 6.45) is 9.93. The van der Waals surface area contributed by atoms with E-state index in [9.17, 15) is 29.3 Å². The Morgan fingerprint density at radius 1 is 1.18 bits per heavy atom. The second-order valence-electron chi connectivity index (χ2n) is 10.1. The molecule has 0 aromatic heterocycles. The normalized spacial score (nSPS) is 26.9. The van der Waals surface area contributed by atoms with E-state index in [1.165, 1.54) is 5.57 Å². The largest absolute Gasteiger partial charge is 0.465 e. The first-order valence-corrected chi connectivity index (χ1v) is 14.6. The number of primary amides is 1. The van der Waals surface area contributed by atoms with Gasteiger partial charge >= 0.3 is 6.09 Å². The third-order valence-electron chi connectivity index (χ3n) is 6.41. The van der Waals surface area contributed by atoms with Crippen LogP contribution < -0.4 is 16.4 Å². The summed E-state index contributed by atoms with van der Waals surface area (Å²) >= 11 is 0. The maximum Gasteiger partial charge on any atom is 0.402 e. The monoisotopic (exact) mass is 579 g/mol. The fourth-order valence-corrected chi connectivity index (χ4v) is 4.50. The molecule has 1 aliphatic heterocycles. The number of allylic oxidation sites excluding steroid dienone is 6. The number of amides is 2. The van der Waals surface area contributed by atoms with E-state index in [4.69, 9.17) is 9.90 Å². The van der Waals surface area contributed by atoms with Gasteiger partial charge in [0, 0.05) is 35.8 Å². The number of carbonyl (C=O) groups is 4. The minimum Gasteiger partial charge on any atom is -0.465 e. The molecule has 0 saturated carbocycles. The third-order valence-corrected chi connectivity index (χ3v) is 7.04. The predicted octanol–water partition coefficient (Wildman–Crippen LogP) is 2.95. The van der Waals surface area contributed by atoms with Crippen molar-refractivity contribution in [1.82, 2.24) is 10.6 Å². The number of aliphatic hydroxyl groups is 1. The molecule has 11 nitrogen and oxygen atoms in total. The zero-order chi connectivity index (χ0) is 30.4. The van der Waals surface area contributed by atoms with Gasteiger partial charge in [-0.15, -0.1) is 0 Å². The molecule has 0 aromatic rings. The molecule has 8 N–H and O–H groups in total. The van der Waals surface area contributed by atoms with Gasteiger partial charge in [-0.25, -0.2) is 4.79 Å². The van der Waals surface area contributed by atoms with Gasteiger partial charge in [0.1, 0.15) is 0 Å². The minimum atomic E-state index is -2.14. The highest BCUT2D eigenvalue weighted by molar-refractivity contribution is 7.45. The smallest absolute Gasteiger partial charge is 0.402 e. The summed E-state index contributed by atoms with van der Waals surface area (Å²) in [5.74, 6) is -1.39. The number of ketones is 2. The van der Waals surface area contributed by atoms with E-state index in [1.807, 2.05) is 26.8 Å². The van der Waals surface area contributed by atoms with Crippen LogP contribution in [0.1, 0.15) is 59.8 Å². The molecular weight excluding hydrogens is 537 g/mol. The lowest BCUT2D eigenvalue weighted by Crippen LogP contribution is -2.36. The average molecular weight is 580 g/mol.